The molecule has 8 nitrogen and oxygen atoms in total. The fourth-order valence-corrected chi connectivity index (χ4v) is 0.595. The molecule has 0 aliphatic heterocycles. The average molecular weight is 182 g/mol. The van der Waals surface area contributed by atoms with Crippen molar-refractivity contribution in [3.8, 4) is 0 Å². The van der Waals surface area contributed by atoms with Crippen molar-refractivity contribution < 1.29 is 0 Å². The first-order valence-corrected chi connectivity index (χ1v) is 3.47. The second-order valence-electron chi connectivity index (χ2n) is 2.34. The fourth-order valence-electron chi connectivity index (χ4n) is 0.595. The largest absolute Gasteiger partial charge is 0.305 e. The van der Waals surface area contributed by atoms with Gasteiger partial charge < -0.3 is 10.8 Å². The first-order valence-electron chi connectivity index (χ1n) is 3.47. The minimum absolute atomic E-state index is 0.301. The molecule has 13 heavy (non-hydrogen) atoms. The van der Waals surface area contributed by atoms with Gasteiger partial charge in [0, 0.05) is 14.1 Å². The molecule has 3 N–H and O–H groups in total. The van der Waals surface area contributed by atoms with Crippen LogP contribution in [0.25, 0.3) is 0 Å². The summed E-state index contributed by atoms with van der Waals surface area (Å²) in [6, 6.07) is 0. The Morgan fingerprint density at radius 2 is 2.23 bits per heavy atom. The van der Waals surface area contributed by atoms with Crippen molar-refractivity contribution in [3.63, 3.8) is 0 Å². The molecule has 0 aliphatic carbocycles. The monoisotopic (exact) mass is 182 g/mol. The Kier molecular flexibility index (Phi) is 2.90. The molecule has 0 radical (unpaired) electrons. The maximum atomic E-state index is 4.83. The SMILES string of the molecule is CN(C)N=Nc1cnc(N=NN)[nH]1. The van der Waals surface area contributed by atoms with Gasteiger partial charge in [-0.05, 0) is 0 Å². The summed E-state index contributed by atoms with van der Waals surface area (Å²) in [4.78, 5) is 6.55. The van der Waals surface area contributed by atoms with E-state index in [-0.39, 0.29) is 0 Å². The first-order chi connectivity index (χ1) is 6.22. The highest BCUT2D eigenvalue weighted by Gasteiger charge is 1.96. The Hall–Kier alpha value is -1.99. The number of nitrogens with two attached hydrogens (primary N) is 1. The predicted octanol–water partition coefficient (Wildman–Crippen LogP) is 0.927. The van der Waals surface area contributed by atoms with Crippen LogP contribution in [0.4, 0.5) is 11.8 Å². The highest BCUT2D eigenvalue weighted by atomic mass is 15.5. The van der Waals surface area contributed by atoms with Gasteiger partial charge in [0.1, 0.15) is 0 Å². The Bertz CT molecular complexity index is 310. The zero-order chi connectivity index (χ0) is 9.68. The smallest absolute Gasteiger partial charge is 0.250 e. The highest BCUT2D eigenvalue weighted by molar-refractivity contribution is 5.30. The van der Waals surface area contributed by atoms with Gasteiger partial charge in [-0.25, -0.2) is 4.98 Å². The second-order valence-corrected chi connectivity index (χ2v) is 2.34. The maximum Gasteiger partial charge on any atom is 0.250 e. The van der Waals surface area contributed by atoms with Crippen LogP contribution >= 0.6 is 0 Å². The van der Waals surface area contributed by atoms with Gasteiger partial charge in [-0.2, -0.15) is 0 Å². The van der Waals surface area contributed by atoms with Gasteiger partial charge in [0.2, 0.25) is 5.95 Å². The maximum absolute atomic E-state index is 4.83. The van der Waals surface area contributed by atoms with Crippen LogP contribution in [0.3, 0.4) is 0 Å². The van der Waals surface area contributed by atoms with Crippen molar-refractivity contribution in [1.29, 1.82) is 0 Å². The van der Waals surface area contributed by atoms with Crippen molar-refractivity contribution >= 4 is 11.8 Å². The van der Waals surface area contributed by atoms with Gasteiger partial charge in [0.25, 0.3) is 0 Å². The molecule has 0 fully saturated rings. The van der Waals surface area contributed by atoms with Crippen molar-refractivity contribution in [2.75, 3.05) is 14.1 Å². The average Bonchev–Trinajstić information content (AvgIpc) is 2.50. The van der Waals surface area contributed by atoms with Crippen LogP contribution in [0.5, 0.6) is 0 Å². The lowest BCUT2D eigenvalue weighted by Gasteiger charge is -1.97. The molecule has 0 saturated heterocycles. The summed E-state index contributed by atoms with van der Waals surface area (Å²) in [5.74, 6) is 5.63. The quantitative estimate of drug-likeness (QED) is 0.412. The molecule has 1 aromatic heterocycles. The summed E-state index contributed by atoms with van der Waals surface area (Å²) in [7, 11) is 3.53. The van der Waals surface area contributed by atoms with Gasteiger partial charge in [0.05, 0.1) is 6.20 Å². The number of aromatic nitrogens is 2. The number of rotatable bonds is 3. The Morgan fingerprint density at radius 1 is 1.46 bits per heavy atom. The van der Waals surface area contributed by atoms with E-state index >= 15 is 0 Å². The number of nitrogens with zero attached hydrogens (tertiary/aromatic N) is 6. The van der Waals surface area contributed by atoms with Crippen LogP contribution in [0.2, 0.25) is 0 Å². The van der Waals surface area contributed by atoms with Gasteiger partial charge >= 0.3 is 0 Å². The molecule has 0 unspecified atom stereocenters. The van der Waals surface area contributed by atoms with Crippen LogP contribution in [0.1, 0.15) is 0 Å². The van der Waals surface area contributed by atoms with E-state index in [4.69, 9.17) is 5.84 Å². The van der Waals surface area contributed by atoms with Crippen LogP contribution in [-0.2, 0) is 0 Å². The molecule has 0 aliphatic rings. The Morgan fingerprint density at radius 3 is 2.85 bits per heavy atom. The lowest BCUT2D eigenvalue weighted by atomic mass is 10.8. The standard InChI is InChI=1S/C5H10N8/c1-13(2)12-9-4-3-7-5(8-4)10-11-6/h3H,1-2H3,(H3,6,7,8,10). The molecule has 1 aromatic rings. The van der Waals surface area contributed by atoms with E-state index in [9.17, 15) is 0 Å². The first kappa shape index (κ1) is 9.10. The zero-order valence-corrected chi connectivity index (χ0v) is 7.34. The summed E-state index contributed by atoms with van der Waals surface area (Å²) in [5, 5.41) is 15.6. The topological polar surface area (TPSA) is 107 Å². The van der Waals surface area contributed by atoms with Crippen molar-refractivity contribution in [1.82, 2.24) is 15.0 Å². The van der Waals surface area contributed by atoms with Crippen LogP contribution in [0.15, 0.2) is 26.9 Å². The third-order valence-electron chi connectivity index (χ3n) is 1.03. The van der Waals surface area contributed by atoms with Crippen LogP contribution < -0.4 is 5.84 Å². The van der Waals surface area contributed by atoms with E-state index in [1.807, 2.05) is 0 Å². The van der Waals surface area contributed by atoms with E-state index < -0.39 is 0 Å². The molecule has 0 saturated carbocycles. The van der Waals surface area contributed by atoms with Gasteiger partial charge in [-0.1, -0.05) is 15.6 Å². The molecular formula is C5H10N8. The number of hydrogen-bond acceptors (Lipinski definition) is 5. The van der Waals surface area contributed by atoms with Crippen molar-refractivity contribution in [2.45, 2.75) is 0 Å². The number of hydrogen-bond donors (Lipinski definition) is 2. The Balaban J connectivity index is 2.69. The summed E-state index contributed by atoms with van der Waals surface area (Å²) >= 11 is 0. The molecule has 0 bridgehead atoms. The molecule has 0 atom stereocenters. The molecular weight excluding hydrogens is 172 g/mol. The molecule has 0 spiro atoms. The zero-order valence-electron chi connectivity index (χ0n) is 7.34. The number of H-pyrrole nitrogens is 1. The molecule has 0 aromatic carbocycles. The van der Waals surface area contributed by atoms with Crippen LogP contribution in [-0.4, -0.2) is 29.1 Å². The Labute approximate surface area is 74.5 Å². The molecule has 1 rings (SSSR count). The third kappa shape index (κ3) is 2.85. The van der Waals surface area contributed by atoms with Crippen LogP contribution in [0, 0.1) is 0 Å². The van der Waals surface area contributed by atoms with E-state index in [0.717, 1.165) is 0 Å². The van der Waals surface area contributed by atoms with E-state index in [2.05, 4.69) is 30.6 Å². The van der Waals surface area contributed by atoms with Gasteiger partial charge in [0.15, 0.2) is 5.82 Å². The van der Waals surface area contributed by atoms with Gasteiger partial charge in [-0.15, -0.1) is 5.11 Å². The summed E-state index contributed by atoms with van der Waals surface area (Å²) in [6.07, 6.45) is 1.48. The van der Waals surface area contributed by atoms with E-state index in [1.165, 1.54) is 6.20 Å². The van der Waals surface area contributed by atoms with E-state index in [0.29, 0.717) is 11.8 Å². The number of aromatic amines is 1. The van der Waals surface area contributed by atoms with Gasteiger partial charge in [-0.3, -0.25) is 5.01 Å². The summed E-state index contributed by atoms with van der Waals surface area (Å²) in [6.45, 7) is 0. The minimum atomic E-state index is 0.301. The van der Waals surface area contributed by atoms with Crippen molar-refractivity contribution in [3.05, 3.63) is 6.20 Å². The minimum Gasteiger partial charge on any atom is -0.305 e. The van der Waals surface area contributed by atoms with Crippen molar-refractivity contribution in [2.24, 2.45) is 26.5 Å². The molecule has 0 amide bonds. The van der Waals surface area contributed by atoms with E-state index in [1.54, 1.807) is 19.1 Å². The number of nitrogens with one attached hydrogen (secondary N) is 1. The predicted molar refractivity (Wildman–Crippen MR) is 45.5 cm³/mol. The normalized spacial score (nSPS) is 11.5. The number of imidazole rings is 1. The fraction of sp³-hybridized carbons (Fsp3) is 0.400. The molecule has 8 heteroatoms. The summed E-state index contributed by atoms with van der Waals surface area (Å²) < 4.78 is 0. The highest BCUT2D eigenvalue weighted by Crippen LogP contribution is 2.13. The lowest BCUT2D eigenvalue weighted by molar-refractivity contribution is 0.408. The third-order valence-corrected chi connectivity index (χ3v) is 1.03. The lowest BCUT2D eigenvalue weighted by Crippen LogP contribution is -1.98. The molecule has 1 heterocycles. The second kappa shape index (κ2) is 4.14. The summed E-state index contributed by atoms with van der Waals surface area (Å²) in [5.41, 5.74) is 0. The molecule has 70 valence electrons.